The number of rotatable bonds is 10. The van der Waals surface area contributed by atoms with Crippen LogP contribution in [0.25, 0.3) is 0 Å². The number of anilines is 1. The second-order valence-electron chi connectivity index (χ2n) is 7.03. The number of benzene rings is 1. The molecule has 8 heteroatoms. The Kier molecular flexibility index (Phi) is 6.90. The Morgan fingerprint density at radius 3 is 2.48 bits per heavy atom. The molecular formula is C19H28F2N4O2+2. The molecule has 0 radical (unpaired) electrons. The first kappa shape index (κ1) is 20.8. The van der Waals surface area contributed by atoms with Gasteiger partial charge < -0.3 is 20.7 Å². The fourth-order valence-corrected chi connectivity index (χ4v) is 2.64. The van der Waals surface area contributed by atoms with Crippen LogP contribution in [0.3, 0.4) is 0 Å². The summed E-state index contributed by atoms with van der Waals surface area (Å²) >= 11 is 0. The highest BCUT2D eigenvalue weighted by atomic mass is 19.1. The zero-order chi connectivity index (χ0) is 20.0. The zero-order valence-corrected chi connectivity index (χ0v) is 15.9. The summed E-state index contributed by atoms with van der Waals surface area (Å²) < 4.78 is 32.7. The molecule has 0 heterocycles. The van der Waals surface area contributed by atoms with Crippen LogP contribution in [0.1, 0.15) is 26.7 Å². The summed E-state index contributed by atoms with van der Waals surface area (Å²) in [5.74, 6) is -2.13. The number of nitrogens with zero attached hydrogens (tertiary/aromatic N) is 1. The molecule has 1 amide bonds. The molecule has 0 aliphatic heterocycles. The van der Waals surface area contributed by atoms with E-state index in [1.165, 1.54) is 6.21 Å². The molecular weight excluding hydrogens is 354 g/mol. The zero-order valence-electron chi connectivity index (χ0n) is 15.9. The first-order valence-corrected chi connectivity index (χ1v) is 9.05. The number of amides is 1. The van der Waals surface area contributed by atoms with E-state index in [0.29, 0.717) is 31.9 Å². The largest absolute Gasteiger partial charge is 0.486 e. The number of likely N-dealkylation sites (N-methyl/N-ethyl adjacent to an activating group) is 1. The molecule has 148 valence electrons. The second kappa shape index (κ2) is 8.94. The SMILES string of the molecule is CCN(CC[NH3+])C(C=[NH2+])=C(OCC1(C)CC1)C(=O)Nc1cc(F)cc(F)c1. The summed E-state index contributed by atoms with van der Waals surface area (Å²) in [6.07, 6.45) is 3.36. The maximum absolute atomic E-state index is 13.4. The lowest BCUT2D eigenvalue weighted by Gasteiger charge is -2.24. The van der Waals surface area contributed by atoms with E-state index >= 15 is 0 Å². The first-order valence-electron chi connectivity index (χ1n) is 9.05. The number of carbonyl (C=O) groups is 1. The molecule has 2 rings (SSSR count). The van der Waals surface area contributed by atoms with Gasteiger partial charge in [-0.25, -0.2) is 8.78 Å². The third kappa shape index (κ3) is 5.75. The normalized spacial score (nSPS) is 15.6. The number of halogens is 2. The molecule has 1 saturated carbocycles. The molecule has 0 bridgehead atoms. The lowest BCUT2D eigenvalue weighted by molar-refractivity contribution is -0.368. The smallest absolute Gasteiger partial charge is 0.293 e. The Hall–Kier alpha value is -2.48. The molecule has 0 saturated heterocycles. The lowest BCUT2D eigenvalue weighted by Crippen LogP contribution is -2.55. The van der Waals surface area contributed by atoms with Crippen LogP contribution in [0.2, 0.25) is 0 Å². The van der Waals surface area contributed by atoms with E-state index in [1.54, 1.807) is 0 Å². The van der Waals surface area contributed by atoms with Gasteiger partial charge in [-0.1, -0.05) is 6.92 Å². The number of nitrogens with one attached hydrogen (secondary N) is 1. The molecule has 1 aliphatic carbocycles. The quantitative estimate of drug-likeness (QED) is 0.309. The van der Waals surface area contributed by atoms with Crippen molar-refractivity contribution in [3.05, 3.63) is 41.3 Å². The van der Waals surface area contributed by atoms with Crippen molar-refractivity contribution in [2.24, 2.45) is 5.41 Å². The van der Waals surface area contributed by atoms with Gasteiger partial charge in [0.05, 0.1) is 19.7 Å². The average Bonchev–Trinajstić information content (AvgIpc) is 3.33. The fraction of sp³-hybridized carbons (Fsp3) is 0.474. The maximum atomic E-state index is 13.4. The van der Waals surface area contributed by atoms with E-state index in [4.69, 9.17) is 10.1 Å². The van der Waals surface area contributed by atoms with E-state index in [9.17, 15) is 13.6 Å². The highest BCUT2D eigenvalue weighted by Crippen LogP contribution is 2.45. The Bertz CT molecular complexity index is 712. The third-order valence-corrected chi connectivity index (χ3v) is 4.54. The number of ether oxygens (including phenoxy) is 1. The standard InChI is InChI=1S/C19H26F2N4O2/c1-3-25(7-6-22)16(11-23)17(27-12-19(2)4-5-19)18(26)24-15-9-13(20)8-14(21)10-15/h8-11,23H,3-7,12,22H2,1-2H3,(H,24,26)/p+2. The van der Waals surface area contributed by atoms with Gasteiger partial charge in [0.25, 0.3) is 5.91 Å². The van der Waals surface area contributed by atoms with Gasteiger partial charge in [-0.3, -0.25) is 10.2 Å². The minimum absolute atomic E-state index is 0.00723. The summed E-state index contributed by atoms with van der Waals surface area (Å²) in [4.78, 5) is 14.7. The number of carbonyl (C=O) groups excluding carboxylic acids is 1. The Morgan fingerprint density at radius 2 is 2.00 bits per heavy atom. The molecule has 0 unspecified atom stereocenters. The first-order chi connectivity index (χ1) is 12.8. The van der Waals surface area contributed by atoms with Crippen molar-refractivity contribution in [3.63, 3.8) is 0 Å². The number of hydrogen-bond acceptors (Lipinski definition) is 3. The summed E-state index contributed by atoms with van der Waals surface area (Å²) in [7, 11) is 0. The molecule has 6 nitrogen and oxygen atoms in total. The molecule has 1 aliphatic rings. The molecule has 27 heavy (non-hydrogen) atoms. The lowest BCUT2D eigenvalue weighted by atomic mass is 10.2. The van der Waals surface area contributed by atoms with Crippen LogP contribution in [0.5, 0.6) is 0 Å². The number of allylic oxidation sites excluding steroid dienone is 1. The van der Waals surface area contributed by atoms with Gasteiger partial charge >= 0.3 is 0 Å². The third-order valence-electron chi connectivity index (χ3n) is 4.54. The Balaban J connectivity index is 2.32. The molecule has 0 atom stereocenters. The van der Waals surface area contributed by atoms with Gasteiger partial charge in [-0.05, 0) is 31.9 Å². The van der Waals surface area contributed by atoms with E-state index in [2.05, 4.69) is 18.0 Å². The molecule has 0 aromatic heterocycles. The molecule has 0 spiro atoms. The van der Waals surface area contributed by atoms with Crippen molar-refractivity contribution < 1.29 is 29.5 Å². The van der Waals surface area contributed by atoms with Gasteiger partial charge in [0.1, 0.15) is 17.3 Å². The predicted molar refractivity (Wildman–Crippen MR) is 98.3 cm³/mol. The predicted octanol–water partition coefficient (Wildman–Crippen LogP) is 0.325. The van der Waals surface area contributed by atoms with Gasteiger partial charge in [0.2, 0.25) is 5.76 Å². The van der Waals surface area contributed by atoms with Crippen molar-refractivity contribution in [3.8, 4) is 0 Å². The summed E-state index contributed by atoms with van der Waals surface area (Å²) in [5, 5.41) is 8.29. The summed E-state index contributed by atoms with van der Waals surface area (Å²) in [6, 6.07) is 2.82. The molecule has 1 fully saturated rings. The monoisotopic (exact) mass is 382 g/mol. The van der Waals surface area contributed by atoms with Crippen LogP contribution >= 0.6 is 0 Å². The van der Waals surface area contributed by atoms with Crippen LogP contribution in [0, 0.1) is 17.0 Å². The number of nitrogens with two attached hydrogens (primary N) is 1. The van der Waals surface area contributed by atoms with Crippen LogP contribution in [0.15, 0.2) is 29.7 Å². The molecule has 1 aromatic rings. The number of quaternary nitrogens is 1. The van der Waals surface area contributed by atoms with E-state index in [0.717, 1.165) is 31.0 Å². The Labute approximate surface area is 157 Å². The highest BCUT2D eigenvalue weighted by Gasteiger charge is 2.39. The topological polar surface area (TPSA) is 94.8 Å². The number of hydrogen-bond donors (Lipinski definition) is 3. The van der Waals surface area contributed by atoms with Crippen LogP contribution in [-0.2, 0) is 9.53 Å². The summed E-state index contributed by atoms with van der Waals surface area (Å²) in [5.41, 5.74) is 4.31. The van der Waals surface area contributed by atoms with Gasteiger partial charge in [0.15, 0.2) is 6.21 Å². The minimum atomic E-state index is -0.778. The maximum Gasteiger partial charge on any atom is 0.293 e. The van der Waals surface area contributed by atoms with E-state index < -0.39 is 17.5 Å². The van der Waals surface area contributed by atoms with Crippen molar-refractivity contribution in [2.75, 3.05) is 31.6 Å². The highest BCUT2D eigenvalue weighted by molar-refractivity contribution is 6.05. The minimum Gasteiger partial charge on any atom is -0.486 e. The van der Waals surface area contributed by atoms with Crippen molar-refractivity contribution in [1.82, 2.24) is 4.90 Å². The van der Waals surface area contributed by atoms with Crippen LogP contribution in [0.4, 0.5) is 14.5 Å². The Morgan fingerprint density at radius 1 is 1.37 bits per heavy atom. The van der Waals surface area contributed by atoms with Gasteiger partial charge in [-0.2, -0.15) is 0 Å². The van der Waals surface area contributed by atoms with Gasteiger partial charge in [-0.15, -0.1) is 0 Å². The van der Waals surface area contributed by atoms with Crippen molar-refractivity contribution in [1.29, 1.82) is 0 Å². The fourth-order valence-electron chi connectivity index (χ4n) is 2.64. The van der Waals surface area contributed by atoms with E-state index in [-0.39, 0.29) is 16.9 Å². The van der Waals surface area contributed by atoms with E-state index in [1.807, 2.05) is 11.8 Å². The van der Waals surface area contributed by atoms with Crippen LogP contribution < -0.4 is 16.5 Å². The summed E-state index contributed by atoms with van der Waals surface area (Å²) in [6.45, 7) is 6.18. The molecule has 6 N–H and O–H groups in total. The van der Waals surface area contributed by atoms with Crippen LogP contribution in [-0.4, -0.2) is 43.3 Å². The average molecular weight is 382 g/mol. The van der Waals surface area contributed by atoms with Crippen molar-refractivity contribution in [2.45, 2.75) is 26.7 Å². The van der Waals surface area contributed by atoms with Gasteiger partial charge in [0, 0.05) is 23.7 Å². The molecule has 1 aromatic carbocycles. The van der Waals surface area contributed by atoms with Crippen molar-refractivity contribution >= 4 is 17.8 Å². The second-order valence-corrected chi connectivity index (χ2v) is 7.03.